The monoisotopic (exact) mass is 408 g/mol. The topological polar surface area (TPSA) is 24.5 Å². The van der Waals surface area contributed by atoms with E-state index in [2.05, 4.69) is 64.8 Å². The van der Waals surface area contributed by atoms with Crippen LogP contribution in [0.1, 0.15) is 36.4 Å². The van der Waals surface area contributed by atoms with Crippen molar-refractivity contribution in [2.45, 2.75) is 31.9 Å². The molecule has 0 amide bonds. The lowest BCUT2D eigenvalue weighted by Crippen LogP contribution is -2.47. The van der Waals surface area contributed by atoms with Crippen LogP contribution in [0.15, 0.2) is 54.6 Å². The lowest BCUT2D eigenvalue weighted by molar-refractivity contribution is 0.0810. The molecule has 2 fully saturated rings. The third-order valence-electron chi connectivity index (χ3n) is 5.62. The lowest BCUT2D eigenvalue weighted by Gasteiger charge is -2.43. The molecule has 0 aromatic heterocycles. The van der Waals surface area contributed by atoms with E-state index < -0.39 is 0 Å². The molecule has 1 aliphatic carbocycles. The normalized spacial score (nSPS) is 18.5. The molecule has 1 atom stereocenters. The van der Waals surface area contributed by atoms with Crippen LogP contribution in [0, 0.1) is 5.92 Å². The Kier molecular flexibility index (Phi) is 8.91. The first kappa shape index (κ1) is 22.0. The molecule has 148 valence electrons. The third kappa shape index (κ3) is 5.39. The highest BCUT2D eigenvalue weighted by atomic mass is 35.5. The predicted octanol–water partition coefficient (Wildman–Crippen LogP) is 4.86. The van der Waals surface area contributed by atoms with E-state index >= 15 is 0 Å². The van der Waals surface area contributed by atoms with E-state index in [1.165, 1.54) is 30.4 Å². The molecule has 3 nitrogen and oxygen atoms in total. The Labute approximate surface area is 175 Å². The van der Waals surface area contributed by atoms with E-state index in [4.69, 9.17) is 4.74 Å². The van der Waals surface area contributed by atoms with Crippen molar-refractivity contribution in [1.82, 2.24) is 10.2 Å². The molecule has 0 radical (unpaired) electrons. The first-order valence-electron chi connectivity index (χ1n) is 9.62. The van der Waals surface area contributed by atoms with Crippen LogP contribution in [-0.4, -0.2) is 31.1 Å². The Morgan fingerprint density at radius 3 is 2.26 bits per heavy atom. The van der Waals surface area contributed by atoms with E-state index in [1.807, 2.05) is 0 Å². The fourth-order valence-electron chi connectivity index (χ4n) is 4.06. The fraction of sp³-hybridized carbons (Fsp3) is 0.455. The maximum absolute atomic E-state index is 6.27. The molecule has 4 rings (SSSR count). The van der Waals surface area contributed by atoms with Gasteiger partial charge in [0.15, 0.2) is 0 Å². The van der Waals surface area contributed by atoms with Gasteiger partial charge in [0.25, 0.3) is 0 Å². The minimum atomic E-state index is 0. The Balaban J connectivity index is 0.00000131. The van der Waals surface area contributed by atoms with Gasteiger partial charge < -0.3 is 10.1 Å². The Hall–Kier alpha value is -1.26. The smallest absolute Gasteiger partial charge is 0.124 e. The second-order valence-corrected chi connectivity index (χ2v) is 7.23. The highest BCUT2D eigenvalue weighted by Gasteiger charge is 2.35. The number of halogens is 2. The van der Waals surface area contributed by atoms with Gasteiger partial charge in [-0.2, -0.15) is 0 Å². The third-order valence-corrected chi connectivity index (χ3v) is 5.62. The molecule has 1 saturated carbocycles. The van der Waals surface area contributed by atoms with E-state index in [0.29, 0.717) is 12.6 Å². The molecule has 2 aromatic carbocycles. The second kappa shape index (κ2) is 10.9. The summed E-state index contributed by atoms with van der Waals surface area (Å²) in [6.07, 6.45) is 4.07. The summed E-state index contributed by atoms with van der Waals surface area (Å²) in [5.74, 6) is 1.83. The van der Waals surface area contributed by atoms with Gasteiger partial charge in [0.2, 0.25) is 0 Å². The van der Waals surface area contributed by atoms with Gasteiger partial charge >= 0.3 is 0 Å². The number of hydrogen-bond donors (Lipinski definition) is 1. The van der Waals surface area contributed by atoms with E-state index in [1.54, 1.807) is 0 Å². The van der Waals surface area contributed by atoms with Crippen LogP contribution in [0.5, 0.6) is 5.75 Å². The number of nitrogens with zero attached hydrogens (tertiary/aromatic N) is 1. The summed E-state index contributed by atoms with van der Waals surface area (Å²) in [5.41, 5.74) is 2.60. The molecule has 1 heterocycles. The Morgan fingerprint density at radius 1 is 0.926 bits per heavy atom. The predicted molar refractivity (Wildman–Crippen MR) is 116 cm³/mol. The standard InChI is InChI=1S/C22H28N2O.2ClH/c1-2-7-18(8-3-1)17-25-21-12-5-4-11-20(21)22(19-9-6-10-19)24-15-13-23-14-16-24;;/h1-5,7-8,11-12,19,22-23H,6,9-10,13-17H2;2*1H/t22-;;/m1../s1. The maximum atomic E-state index is 6.27. The Bertz CT molecular complexity index is 673. The van der Waals surface area contributed by atoms with Crippen molar-refractivity contribution in [2.24, 2.45) is 5.92 Å². The summed E-state index contributed by atoms with van der Waals surface area (Å²) < 4.78 is 6.27. The summed E-state index contributed by atoms with van der Waals surface area (Å²) in [7, 11) is 0. The number of piperazine rings is 1. The van der Waals surface area contributed by atoms with Gasteiger partial charge in [-0.05, 0) is 30.4 Å². The first-order chi connectivity index (χ1) is 12.4. The molecule has 27 heavy (non-hydrogen) atoms. The van der Waals surface area contributed by atoms with Crippen molar-refractivity contribution in [2.75, 3.05) is 26.2 Å². The second-order valence-electron chi connectivity index (χ2n) is 7.23. The zero-order valence-electron chi connectivity index (χ0n) is 15.7. The number of hydrogen-bond acceptors (Lipinski definition) is 3. The Morgan fingerprint density at radius 2 is 1.59 bits per heavy atom. The van der Waals surface area contributed by atoms with Gasteiger partial charge in [0.05, 0.1) is 0 Å². The van der Waals surface area contributed by atoms with Crippen LogP contribution in [0.25, 0.3) is 0 Å². The summed E-state index contributed by atoms with van der Waals surface area (Å²) in [6.45, 7) is 5.09. The first-order valence-corrected chi connectivity index (χ1v) is 9.62. The van der Waals surface area contributed by atoms with Gasteiger partial charge in [-0.15, -0.1) is 24.8 Å². The highest BCUT2D eigenvalue weighted by molar-refractivity contribution is 5.85. The highest BCUT2D eigenvalue weighted by Crippen LogP contribution is 2.44. The van der Waals surface area contributed by atoms with Gasteiger partial charge in [-0.1, -0.05) is 55.0 Å². The number of nitrogens with one attached hydrogen (secondary N) is 1. The van der Waals surface area contributed by atoms with Crippen molar-refractivity contribution in [1.29, 1.82) is 0 Å². The maximum Gasteiger partial charge on any atom is 0.124 e. The summed E-state index contributed by atoms with van der Waals surface area (Å²) in [5, 5.41) is 3.48. The molecule has 0 bridgehead atoms. The largest absolute Gasteiger partial charge is 0.489 e. The molecule has 5 heteroatoms. The number of ether oxygens (including phenoxy) is 1. The number of para-hydroxylation sites is 1. The van der Waals surface area contributed by atoms with Crippen LogP contribution in [-0.2, 0) is 6.61 Å². The van der Waals surface area contributed by atoms with Crippen molar-refractivity contribution in [3.05, 3.63) is 65.7 Å². The minimum absolute atomic E-state index is 0. The fourth-order valence-corrected chi connectivity index (χ4v) is 4.06. The van der Waals surface area contributed by atoms with E-state index in [0.717, 1.165) is 37.8 Å². The van der Waals surface area contributed by atoms with Crippen LogP contribution >= 0.6 is 24.8 Å². The molecular weight excluding hydrogens is 379 g/mol. The van der Waals surface area contributed by atoms with Crippen molar-refractivity contribution in [3.63, 3.8) is 0 Å². The lowest BCUT2D eigenvalue weighted by atomic mass is 9.76. The molecule has 0 spiro atoms. The summed E-state index contributed by atoms with van der Waals surface area (Å²) >= 11 is 0. The van der Waals surface area contributed by atoms with Crippen molar-refractivity contribution < 1.29 is 4.74 Å². The molecule has 1 aliphatic heterocycles. The van der Waals surface area contributed by atoms with Gasteiger partial charge in [0, 0.05) is 37.8 Å². The van der Waals surface area contributed by atoms with Crippen LogP contribution in [0.4, 0.5) is 0 Å². The van der Waals surface area contributed by atoms with Gasteiger partial charge in [0.1, 0.15) is 12.4 Å². The molecule has 2 aliphatic rings. The zero-order chi connectivity index (χ0) is 16.9. The number of benzene rings is 2. The average Bonchev–Trinajstić information content (AvgIpc) is 2.65. The van der Waals surface area contributed by atoms with E-state index in [9.17, 15) is 0 Å². The molecular formula is C22H30Cl2N2O. The van der Waals surface area contributed by atoms with Crippen molar-refractivity contribution in [3.8, 4) is 5.75 Å². The average molecular weight is 409 g/mol. The molecule has 0 unspecified atom stereocenters. The molecule has 1 saturated heterocycles. The summed E-state index contributed by atoms with van der Waals surface area (Å²) in [6, 6.07) is 19.6. The summed E-state index contributed by atoms with van der Waals surface area (Å²) in [4.78, 5) is 2.67. The minimum Gasteiger partial charge on any atom is -0.489 e. The van der Waals surface area contributed by atoms with Gasteiger partial charge in [-0.3, -0.25) is 4.90 Å². The van der Waals surface area contributed by atoms with Crippen LogP contribution in [0.3, 0.4) is 0 Å². The van der Waals surface area contributed by atoms with Crippen LogP contribution < -0.4 is 10.1 Å². The van der Waals surface area contributed by atoms with Crippen molar-refractivity contribution >= 4 is 24.8 Å². The molecule has 1 N–H and O–H groups in total. The molecule has 2 aromatic rings. The van der Waals surface area contributed by atoms with Crippen LogP contribution in [0.2, 0.25) is 0 Å². The quantitative estimate of drug-likeness (QED) is 0.738. The SMILES string of the molecule is Cl.Cl.c1ccc(COc2ccccc2[C@@H](C2CCC2)N2CCNCC2)cc1. The zero-order valence-corrected chi connectivity index (χ0v) is 17.3. The van der Waals surface area contributed by atoms with E-state index in [-0.39, 0.29) is 24.8 Å². The number of rotatable bonds is 6. The van der Waals surface area contributed by atoms with Gasteiger partial charge in [-0.25, -0.2) is 0 Å².